The minimum absolute atomic E-state index is 0.122. The number of carboxylic acids is 1. The van der Waals surface area contributed by atoms with E-state index in [0.29, 0.717) is 0 Å². The van der Waals surface area contributed by atoms with E-state index in [1.807, 2.05) is 0 Å². The predicted octanol–water partition coefficient (Wildman–Crippen LogP) is 1.74. The van der Waals surface area contributed by atoms with Crippen LogP contribution in [0.4, 0.5) is 4.39 Å². The number of hydrogen-bond donors (Lipinski definition) is 2. The lowest BCUT2D eigenvalue weighted by Gasteiger charge is -2.03. The van der Waals surface area contributed by atoms with Crippen LogP contribution in [0.1, 0.15) is 16.1 Å². The lowest BCUT2D eigenvalue weighted by atomic mass is 10.2. The van der Waals surface area contributed by atoms with Crippen LogP contribution in [0, 0.1) is 12.7 Å². The van der Waals surface area contributed by atoms with Gasteiger partial charge in [-0.3, -0.25) is 5.10 Å². The largest absolute Gasteiger partial charge is 0.478 e. The van der Waals surface area contributed by atoms with Crippen LogP contribution in [0.25, 0.3) is 0 Å². The number of hydrogen-bond acceptors (Lipinski definition) is 4. The first-order valence-electron chi connectivity index (χ1n) is 4.65. The number of nitrogens with zero attached hydrogens (tertiary/aromatic N) is 2. The van der Waals surface area contributed by atoms with Gasteiger partial charge in [0.25, 0.3) is 5.88 Å². The Morgan fingerprint density at radius 3 is 2.94 bits per heavy atom. The third-order valence-electron chi connectivity index (χ3n) is 1.97. The number of nitrogens with one attached hydrogen (secondary N) is 1. The van der Waals surface area contributed by atoms with E-state index in [-0.39, 0.29) is 5.88 Å². The average Bonchev–Trinajstić information content (AvgIpc) is 2.67. The van der Waals surface area contributed by atoms with Gasteiger partial charge in [-0.2, -0.15) is 0 Å². The van der Waals surface area contributed by atoms with Crippen molar-refractivity contribution in [3.63, 3.8) is 0 Å². The number of carboxylic acid groups (broad SMARTS) is 1. The Bertz CT molecular complexity index is 568. The van der Waals surface area contributed by atoms with Crippen molar-refractivity contribution >= 4 is 5.97 Å². The fraction of sp³-hybridized carbons (Fsp3) is 0.100. The lowest BCUT2D eigenvalue weighted by molar-refractivity contribution is 0.0690. The van der Waals surface area contributed by atoms with Crippen LogP contribution in [0.3, 0.4) is 0 Å². The molecule has 0 unspecified atom stereocenters. The van der Waals surface area contributed by atoms with E-state index in [1.165, 1.54) is 6.07 Å². The minimum atomic E-state index is -1.38. The molecular formula is C10H8FN3O3. The zero-order valence-electron chi connectivity index (χ0n) is 8.77. The van der Waals surface area contributed by atoms with Crippen molar-refractivity contribution in [1.82, 2.24) is 15.2 Å². The molecule has 2 aromatic rings. The molecule has 88 valence electrons. The molecule has 0 saturated heterocycles. The Balaban J connectivity index is 2.33. The third-order valence-corrected chi connectivity index (χ3v) is 1.97. The normalized spacial score (nSPS) is 10.2. The lowest BCUT2D eigenvalue weighted by Crippen LogP contribution is -2.03. The van der Waals surface area contributed by atoms with Crippen molar-refractivity contribution in [2.45, 2.75) is 6.92 Å². The van der Waals surface area contributed by atoms with Crippen molar-refractivity contribution in [2.24, 2.45) is 0 Å². The van der Waals surface area contributed by atoms with Crippen LogP contribution in [-0.2, 0) is 0 Å². The number of aromatic amines is 1. The van der Waals surface area contributed by atoms with Gasteiger partial charge in [-0.05, 0) is 13.0 Å². The molecule has 7 heteroatoms. The average molecular weight is 237 g/mol. The van der Waals surface area contributed by atoms with Crippen LogP contribution in [0.5, 0.6) is 11.8 Å². The number of aryl methyl sites for hydroxylation is 1. The van der Waals surface area contributed by atoms with Crippen LogP contribution in [-0.4, -0.2) is 26.3 Å². The van der Waals surface area contributed by atoms with Gasteiger partial charge in [-0.15, -0.1) is 5.10 Å². The number of H-pyrrole nitrogens is 1. The second kappa shape index (κ2) is 4.20. The Labute approximate surface area is 95.1 Å². The Morgan fingerprint density at radius 1 is 1.59 bits per heavy atom. The van der Waals surface area contributed by atoms with Gasteiger partial charge < -0.3 is 9.84 Å². The van der Waals surface area contributed by atoms with E-state index in [1.54, 1.807) is 6.92 Å². The minimum Gasteiger partial charge on any atom is -0.478 e. The number of aromatic carboxylic acids is 1. The second-order valence-electron chi connectivity index (χ2n) is 3.27. The highest BCUT2D eigenvalue weighted by atomic mass is 19.1. The number of halogens is 1. The monoisotopic (exact) mass is 237 g/mol. The Hall–Kier alpha value is -2.44. The second-order valence-corrected chi connectivity index (χ2v) is 3.27. The summed E-state index contributed by atoms with van der Waals surface area (Å²) in [4.78, 5) is 14.3. The molecule has 0 spiro atoms. The topological polar surface area (TPSA) is 88.1 Å². The van der Waals surface area contributed by atoms with Gasteiger partial charge in [-0.1, -0.05) is 0 Å². The first kappa shape index (κ1) is 11.1. The SMILES string of the molecule is Cc1cc(Oc2nccc(C(=O)O)c2F)n[nH]1. The maximum atomic E-state index is 13.6. The van der Waals surface area contributed by atoms with Crippen LogP contribution in [0.15, 0.2) is 18.3 Å². The smallest absolute Gasteiger partial charge is 0.338 e. The summed E-state index contributed by atoms with van der Waals surface area (Å²) in [6.07, 6.45) is 1.15. The van der Waals surface area contributed by atoms with E-state index in [2.05, 4.69) is 15.2 Å². The number of aromatic nitrogens is 3. The summed E-state index contributed by atoms with van der Waals surface area (Å²) in [5.41, 5.74) is 0.233. The summed E-state index contributed by atoms with van der Waals surface area (Å²) in [6.45, 7) is 1.75. The zero-order valence-corrected chi connectivity index (χ0v) is 8.77. The van der Waals surface area contributed by atoms with Crippen molar-refractivity contribution in [3.05, 3.63) is 35.4 Å². The molecule has 0 aliphatic heterocycles. The molecular weight excluding hydrogens is 229 g/mol. The Kier molecular flexibility index (Phi) is 2.73. The number of carbonyl (C=O) groups is 1. The molecule has 0 atom stereocenters. The summed E-state index contributed by atoms with van der Waals surface area (Å²) in [5, 5.41) is 15.0. The molecule has 0 saturated carbocycles. The van der Waals surface area contributed by atoms with Crippen LogP contribution < -0.4 is 4.74 Å². The molecule has 2 aromatic heterocycles. The summed E-state index contributed by atoms with van der Waals surface area (Å²) < 4.78 is 18.6. The van der Waals surface area contributed by atoms with Gasteiger partial charge in [0.1, 0.15) is 5.56 Å². The molecule has 0 radical (unpaired) electrons. The van der Waals surface area contributed by atoms with Crippen molar-refractivity contribution in [2.75, 3.05) is 0 Å². The number of ether oxygens (including phenoxy) is 1. The Morgan fingerprint density at radius 2 is 2.35 bits per heavy atom. The van der Waals surface area contributed by atoms with E-state index < -0.39 is 23.2 Å². The van der Waals surface area contributed by atoms with Gasteiger partial charge in [0, 0.05) is 18.0 Å². The van der Waals surface area contributed by atoms with Gasteiger partial charge >= 0.3 is 5.97 Å². The summed E-state index contributed by atoms with van der Waals surface area (Å²) in [5.74, 6) is -2.71. The van der Waals surface area contributed by atoms with Gasteiger partial charge in [0.15, 0.2) is 5.82 Å². The van der Waals surface area contributed by atoms with Crippen molar-refractivity contribution in [3.8, 4) is 11.8 Å². The quantitative estimate of drug-likeness (QED) is 0.848. The van der Waals surface area contributed by atoms with Gasteiger partial charge in [0.2, 0.25) is 5.88 Å². The third kappa shape index (κ3) is 2.22. The number of pyridine rings is 1. The molecule has 2 heterocycles. The molecule has 2 rings (SSSR count). The first-order chi connectivity index (χ1) is 8.08. The highest BCUT2D eigenvalue weighted by Gasteiger charge is 2.17. The molecule has 0 bridgehead atoms. The molecule has 2 N–H and O–H groups in total. The summed E-state index contributed by atoms with van der Waals surface area (Å²) in [7, 11) is 0. The van der Waals surface area contributed by atoms with E-state index in [0.717, 1.165) is 18.0 Å². The van der Waals surface area contributed by atoms with Crippen LogP contribution >= 0.6 is 0 Å². The standard InChI is InChI=1S/C10H8FN3O3/c1-5-4-7(14-13-5)17-9-8(11)6(10(15)16)2-3-12-9/h2-4H,1H3,(H,13,14)(H,15,16). The number of rotatable bonds is 3. The van der Waals surface area contributed by atoms with Crippen molar-refractivity contribution in [1.29, 1.82) is 0 Å². The molecule has 6 nitrogen and oxygen atoms in total. The molecule has 17 heavy (non-hydrogen) atoms. The van der Waals surface area contributed by atoms with E-state index >= 15 is 0 Å². The van der Waals surface area contributed by atoms with E-state index in [4.69, 9.17) is 9.84 Å². The highest BCUT2D eigenvalue weighted by Crippen LogP contribution is 2.22. The fourth-order valence-corrected chi connectivity index (χ4v) is 1.21. The van der Waals surface area contributed by atoms with Gasteiger partial charge in [-0.25, -0.2) is 14.2 Å². The zero-order chi connectivity index (χ0) is 12.4. The maximum Gasteiger partial charge on any atom is 0.338 e. The van der Waals surface area contributed by atoms with Crippen LogP contribution in [0.2, 0.25) is 0 Å². The first-order valence-corrected chi connectivity index (χ1v) is 4.65. The predicted molar refractivity (Wildman–Crippen MR) is 54.6 cm³/mol. The van der Waals surface area contributed by atoms with Crippen molar-refractivity contribution < 1.29 is 19.0 Å². The molecule has 0 fully saturated rings. The summed E-state index contributed by atoms with van der Waals surface area (Å²) >= 11 is 0. The molecule has 0 aromatic carbocycles. The fourth-order valence-electron chi connectivity index (χ4n) is 1.21. The van der Waals surface area contributed by atoms with Gasteiger partial charge in [0.05, 0.1) is 0 Å². The highest BCUT2D eigenvalue weighted by molar-refractivity contribution is 5.88. The molecule has 0 aliphatic carbocycles. The molecule has 0 amide bonds. The molecule has 0 aliphatic rings. The van der Waals surface area contributed by atoms with E-state index in [9.17, 15) is 9.18 Å². The maximum absolute atomic E-state index is 13.6. The summed E-state index contributed by atoms with van der Waals surface area (Å²) in [6, 6.07) is 2.59.